The summed E-state index contributed by atoms with van der Waals surface area (Å²) in [6.07, 6.45) is 2.46. The van der Waals surface area contributed by atoms with Crippen molar-refractivity contribution in [1.29, 1.82) is 0 Å². The minimum Gasteiger partial charge on any atom is -0.476 e. The van der Waals surface area contributed by atoms with Crippen LogP contribution in [-0.4, -0.2) is 21.0 Å². The Morgan fingerprint density at radius 2 is 2.17 bits per heavy atom. The molecule has 0 aliphatic carbocycles. The van der Waals surface area contributed by atoms with E-state index < -0.39 is 11.8 Å². The molecule has 0 aliphatic rings. The fraction of sp³-hybridized carbons (Fsp3) is 0. The maximum Gasteiger partial charge on any atom is 0.356 e. The molecule has 18 heavy (non-hydrogen) atoms. The predicted octanol–water partition coefficient (Wildman–Crippen LogP) is 2.71. The van der Waals surface area contributed by atoms with Crippen LogP contribution in [-0.2, 0) is 0 Å². The summed E-state index contributed by atoms with van der Waals surface area (Å²) in [4.78, 5) is 18.2. The van der Waals surface area contributed by atoms with Gasteiger partial charge in [-0.05, 0) is 18.2 Å². The van der Waals surface area contributed by atoms with Crippen LogP contribution in [0.25, 0.3) is 0 Å². The Bertz CT molecular complexity index is 607. The van der Waals surface area contributed by atoms with Crippen LogP contribution >= 0.6 is 11.6 Å². The van der Waals surface area contributed by atoms with E-state index in [9.17, 15) is 9.18 Å². The first kappa shape index (κ1) is 12.3. The van der Waals surface area contributed by atoms with Crippen LogP contribution in [0.2, 0.25) is 5.02 Å². The summed E-state index contributed by atoms with van der Waals surface area (Å²) in [5.74, 6) is -1.43. The van der Waals surface area contributed by atoms with Gasteiger partial charge in [0.1, 0.15) is 11.6 Å². The molecule has 0 saturated carbocycles. The molecule has 1 heterocycles. The molecule has 0 radical (unpaired) electrons. The van der Waals surface area contributed by atoms with E-state index in [4.69, 9.17) is 16.7 Å². The van der Waals surface area contributed by atoms with Crippen molar-refractivity contribution in [1.82, 2.24) is 9.97 Å². The number of nitrogens with zero attached hydrogens (tertiary/aromatic N) is 2. The summed E-state index contributed by atoms with van der Waals surface area (Å²) in [7, 11) is 0. The lowest BCUT2D eigenvalue weighted by molar-refractivity contribution is 0.0690. The van der Waals surface area contributed by atoms with Gasteiger partial charge < -0.3 is 10.4 Å². The number of aromatic nitrogens is 2. The van der Waals surface area contributed by atoms with E-state index in [2.05, 4.69) is 15.3 Å². The highest BCUT2D eigenvalue weighted by Crippen LogP contribution is 2.25. The highest BCUT2D eigenvalue weighted by Gasteiger charge is 2.08. The highest BCUT2D eigenvalue weighted by molar-refractivity contribution is 6.33. The molecule has 0 fully saturated rings. The third-order valence-corrected chi connectivity index (χ3v) is 2.36. The minimum absolute atomic E-state index is 0.164. The maximum atomic E-state index is 12.8. The lowest BCUT2D eigenvalue weighted by Gasteiger charge is -2.07. The summed E-state index contributed by atoms with van der Waals surface area (Å²) >= 11 is 5.81. The molecular formula is C11H7ClFN3O2. The van der Waals surface area contributed by atoms with E-state index in [1.165, 1.54) is 18.3 Å². The van der Waals surface area contributed by atoms with Gasteiger partial charge in [-0.15, -0.1) is 0 Å². The average molecular weight is 268 g/mol. The van der Waals surface area contributed by atoms with Gasteiger partial charge in [0.15, 0.2) is 5.69 Å². The van der Waals surface area contributed by atoms with Gasteiger partial charge in [-0.1, -0.05) is 11.6 Å². The summed E-state index contributed by atoms with van der Waals surface area (Å²) in [5, 5.41) is 11.7. The Hall–Kier alpha value is -2.21. The van der Waals surface area contributed by atoms with Gasteiger partial charge in [0.05, 0.1) is 23.1 Å². The summed E-state index contributed by atoms with van der Waals surface area (Å²) < 4.78 is 12.8. The molecule has 0 unspecified atom stereocenters. The van der Waals surface area contributed by atoms with Crippen LogP contribution < -0.4 is 5.32 Å². The van der Waals surface area contributed by atoms with Gasteiger partial charge in [0.2, 0.25) is 0 Å². The summed E-state index contributed by atoms with van der Waals surface area (Å²) in [6, 6.07) is 3.79. The second-order valence-electron chi connectivity index (χ2n) is 3.34. The number of hydrogen-bond acceptors (Lipinski definition) is 4. The van der Waals surface area contributed by atoms with Crippen molar-refractivity contribution in [2.45, 2.75) is 0 Å². The van der Waals surface area contributed by atoms with Crippen molar-refractivity contribution in [3.05, 3.63) is 47.1 Å². The van der Waals surface area contributed by atoms with Gasteiger partial charge in [-0.3, -0.25) is 4.98 Å². The smallest absolute Gasteiger partial charge is 0.356 e. The molecule has 1 aromatic heterocycles. The number of carbonyl (C=O) groups is 1. The van der Waals surface area contributed by atoms with E-state index in [1.807, 2.05) is 0 Å². The second kappa shape index (κ2) is 4.97. The Labute approximate surface area is 106 Å². The Morgan fingerprint density at radius 1 is 1.39 bits per heavy atom. The van der Waals surface area contributed by atoms with Crippen molar-refractivity contribution in [2.24, 2.45) is 0 Å². The van der Waals surface area contributed by atoms with E-state index >= 15 is 0 Å². The van der Waals surface area contributed by atoms with E-state index in [1.54, 1.807) is 0 Å². The van der Waals surface area contributed by atoms with Crippen molar-refractivity contribution >= 4 is 29.1 Å². The molecule has 1 aromatic carbocycles. The first-order valence-corrected chi connectivity index (χ1v) is 5.21. The molecule has 2 N–H and O–H groups in total. The standard InChI is InChI=1S/C11H7ClFN3O2/c12-7-3-6(13)1-2-8(7)15-10-5-14-4-9(16-10)11(17)18/h1-5H,(H,15,16)(H,17,18). The average Bonchev–Trinajstić information content (AvgIpc) is 2.33. The van der Waals surface area contributed by atoms with Crippen LogP contribution in [0.4, 0.5) is 15.9 Å². The summed E-state index contributed by atoms with van der Waals surface area (Å²) in [5.41, 5.74) is 0.216. The largest absolute Gasteiger partial charge is 0.476 e. The van der Waals surface area contributed by atoms with Gasteiger partial charge in [-0.2, -0.15) is 0 Å². The zero-order chi connectivity index (χ0) is 13.1. The Morgan fingerprint density at radius 3 is 2.83 bits per heavy atom. The molecule has 0 saturated heterocycles. The van der Waals surface area contributed by atoms with Gasteiger partial charge in [0.25, 0.3) is 0 Å². The molecule has 0 spiro atoms. The van der Waals surface area contributed by atoms with Crippen LogP contribution in [0.5, 0.6) is 0 Å². The van der Waals surface area contributed by atoms with E-state index in [0.29, 0.717) is 5.69 Å². The lowest BCUT2D eigenvalue weighted by Crippen LogP contribution is -2.04. The first-order chi connectivity index (χ1) is 8.56. The summed E-state index contributed by atoms with van der Waals surface area (Å²) in [6.45, 7) is 0. The van der Waals surface area contributed by atoms with Gasteiger partial charge in [-0.25, -0.2) is 14.2 Å². The number of rotatable bonds is 3. The lowest BCUT2D eigenvalue weighted by atomic mass is 10.3. The molecule has 7 heteroatoms. The van der Waals surface area contributed by atoms with Gasteiger partial charge in [0, 0.05) is 0 Å². The molecule has 0 bridgehead atoms. The molecule has 2 rings (SSSR count). The predicted molar refractivity (Wildman–Crippen MR) is 63.7 cm³/mol. The minimum atomic E-state index is -1.18. The Kier molecular flexibility index (Phi) is 3.38. The van der Waals surface area contributed by atoms with Gasteiger partial charge >= 0.3 is 5.97 Å². The van der Waals surface area contributed by atoms with Crippen molar-refractivity contribution in [3.63, 3.8) is 0 Å². The topological polar surface area (TPSA) is 75.1 Å². The van der Waals surface area contributed by atoms with Crippen LogP contribution in [0.15, 0.2) is 30.6 Å². The number of aromatic carboxylic acids is 1. The van der Waals surface area contributed by atoms with Crippen LogP contribution in [0.3, 0.4) is 0 Å². The normalized spacial score (nSPS) is 10.1. The molecule has 0 aliphatic heterocycles. The van der Waals surface area contributed by atoms with Crippen molar-refractivity contribution in [3.8, 4) is 0 Å². The number of anilines is 2. The number of nitrogens with one attached hydrogen (secondary N) is 1. The van der Waals surface area contributed by atoms with Crippen molar-refractivity contribution < 1.29 is 14.3 Å². The SMILES string of the molecule is O=C(O)c1cncc(Nc2ccc(F)cc2Cl)n1. The van der Waals surface area contributed by atoms with Crippen molar-refractivity contribution in [2.75, 3.05) is 5.32 Å². The third-order valence-electron chi connectivity index (χ3n) is 2.05. The third kappa shape index (κ3) is 2.72. The number of benzene rings is 1. The molecular weight excluding hydrogens is 261 g/mol. The zero-order valence-corrected chi connectivity index (χ0v) is 9.65. The fourth-order valence-corrected chi connectivity index (χ4v) is 1.47. The second-order valence-corrected chi connectivity index (χ2v) is 3.75. The highest BCUT2D eigenvalue weighted by atomic mass is 35.5. The maximum absolute atomic E-state index is 12.8. The molecule has 0 atom stereocenters. The molecule has 2 aromatic rings. The monoisotopic (exact) mass is 267 g/mol. The first-order valence-electron chi connectivity index (χ1n) is 4.83. The number of carboxylic acids is 1. The zero-order valence-electron chi connectivity index (χ0n) is 8.89. The molecule has 92 valence electrons. The Balaban J connectivity index is 2.28. The quantitative estimate of drug-likeness (QED) is 0.894. The van der Waals surface area contributed by atoms with Crippen LogP contribution in [0.1, 0.15) is 10.5 Å². The van der Waals surface area contributed by atoms with E-state index in [-0.39, 0.29) is 16.5 Å². The fourth-order valence-electron chi connectivity index (χ4n) is 1.26. The number of halogens is 2. The van der Waals surface area contributed by atoms with Crippen LogP contribution in [0, 0.1) is 5.82 Å². The van der Waals surface area contributed by atoms with E-state index in [0.717, 1.165) is 12.3 Å². The molecule has 0 amide bonds. The number of carboxylic acid groups (broad SMARTS) is 1. The number of hydrogen-bond donors (Lipinski definition) is 2. The molecule has 5 nitrogen and oxygen atoms in total.